The van der Waals surface area contributed by atoms with E-state index in [0.717, 1.165) is 58.4 Å². The molecule has 0 radical (unpaired) electrons. The number of hydrogen-bond donors (Lipinski definition) is 3. The molecule has 5 rings (SSSR count). The van der Waals surface area contributed by atoms with Crippen LogP contribution in [0.5, 0.6) is 0 Å². The smallest absolute Gasteiger partial charge is 0.229 e. The van der Waals surface area contributed by atoms with Gasteiger partial charge < -0.3 is 16.0 Å². The van der Waals surface area contributed by atoms with Gasteiger partial charge in [0.15, 0.2) is 0 Å². The van der Waals surface area contributed by atoms with Crippen LogP contribution in [0.2, 0.25) is 5.02 Å². The van der Waals surface area contributed by atoms with Crippen LogP contribution in [0, 0.1) is 12.8 Å². The van der Waals surface area contributed by atoms with E-state index in [9.17, 15) is 0 Å². The molecule has 3 aromatic rings. The first-order valence-corrected chi connectivity index (χ1v) is 11.5. The molecule has 0 amide bonds. The van der Waals surface area contributed by atoms with Crippen molar-refractivity contribution in [3.63, 3.8) is 0 Å². The molecule has 1 aliphatic carbocycles. The van der Waals surface area contributed by atoms with E-state index in [1.807, 2.05) is 25.1 Å². The maximum Gasteiger partial charge on any atom is 0.229 e. The van der Waals surface area contributed by atoms with E-state index in [0.29, 0.717) is 12.0 Å². The van der Waals surface area contributed by atoms with Crippen LogP contribution in [-0.4, -0.2) is 29.1 Å². The zero-order valence-corrected chi connectivity index (χ0v) is 18.8. The van der Waals surface area contributed by atoms with Crippen LogP contribution < -0.4 is 16.0 Å². The molecule has 160 valence electrons. The Morgan fingerprint density at radius 1 is 1.16 bits per heavy atom. The van der Waals surface area contributed by atoms with Crippen molar-refractivity contribution in [1.82, 2.24) is 15.3 Å². The molecular weight excluding hydrogens is 406 g/mol. The van der Waals surface area contributed by atoms with Gasteiger partial charge in [0.25, 0.3) is 0 Å². The Morgan fingerprint density at radius 2 is 2.03 bits per heavy atom. The molecule has 1 atom stereocenters. The summed E-state index contributed by atoms with van der Waals surface area (Å²) in [5.74, 6) is 2.20. The van der Waals surface area contributed by atoms with Gasteiger partial charge in [-0.25, -0.2) is 4.98 Å². The third kappa shape index (κ3) is 4.39. The number of aryl methyl sites for hydroxylation is 1. The van der Waals surface area contributed by atoms with Gasteiger partial charge in [0.1, 0.15) is 5.82 Å². The van der Waals surface area contributed by atoms with E-state index in [-0.39, 0.29) is 0 Å². The third-order valence-electron chi connectivity index (χ3n) is 6.26. The SMILES string of the molecule is Cc1ccc(Nc2nc(N[C@H](C)C3CC3)c3cccc(C4=CCNCC4)c3n2)cc1Cl. The molecule has 6 heteroatoms. The molecule has 0 spiro atoms. The van der Waals surface area contributed by atoms with Crippen LogP contribution in [0.3, 0.4) is 0 Å². The van der Waals surface area contributed by atoms with E-state index >= 15 is 0 Å². The molecule has 0 bridgehead atoms. The number of nitrogens with one attached hydrogen (secondary N) is 3. The lowest BCUT2D eigenvalue weighted by Crippen LogP contribution is -2.20. The highest BCUT2D eigenvalue weighted by Gasteiger charge is 2.28. The lowest BCUT2D eigenvalue weighted by Gasteiger charge is -2.19. The molecule has 5 nitrogen and oxygen atoms in total. The molecular formula is C25H28ClN5. The first-order valence-electron chi connectivity index (χ1n) is 11.1. The molecule has 1 saturated carbocycles. The first-order chi connectivity index (χ1) is 15.1. The van der Waals surface area contributed by atoms with Crippen LogP contribution in [-0.2, 0) is 0 Å². The number of hydrogen-bond acceptors (Lipinski definition) is 5. The van der Waals surface area contributed by atoms with Crippen LogP contribution in [0.15, 0.2) is 42.5 Å². The van der Waals surface area contributed by atoms with E-state index in [2.05, 4.69) is 47.1 Å². The van der Waals surface area contributed by atoms with Crippen molar-refractivity contribution in [2.75, 3.05) is 23.7 Å². The molecule has 3 N–H and O–H groups in total. The van der Waals surface area contributed by atoms with Crippen molar-refractivity contribution in [3.8, 4) is 0 Å². The standard InChI is InChI=1S/C25H28ClN5/c1-15-6-9-19(14-22(15)26)29-25-30-23-20(18-10-12-27-13-11-18)4-3-5-21(23)24(31-25)28-16(2)17-7-8-17/h3-6,9-10,14,16-17,27H,7-8,11-13H2,1-2H3,(H2,28,29,30,31)/t16-/m1/s1. The molecule has 2 heterocycles. The van der Waals surface area contributed by atoms with E-state index < -0.39 is 0 Å². The molecule has 31 heavy (non-hydrogen) atoms. The van der Waals surface area contributed by atoms with E-state index in [4.69, 9.17) is 21.6 Å². The molecule has 1 aromatic heterocycles. The van der Waals surface area contributed by atoms with Gasteiger partial charge in [-0.15, -0.1) is 0 Å². The Morgan fingerprint density at radius 3 is 2.77 bits per heavy atom. The molecule has 1 aliphatic heterocycles. The topological polar surface area (TPSA) is 61.9 Å². The van der Waals surface area contributed by atoms with Crippen LogP contribution in [0.25, 0.3) is 16.5 Å². The Hall–Kier alpha value is -2.63. The number of benzene rings is 2. The number of fused-ring (bicyclic) bond motifs is 1. The number of para-hydroxylation sites is 1. The largest absolute Gasteiger partial charge is 0.367 e. The molecule has 2 aromatic carbocycles. The number of rotatable bonds is 6. The maximum atomic E-state index is 6.34. The van der Waals surface area contributed by atoms with Gasteiger partial charge in [-0.05, 0) is 74.9 Å². The van der Waals surface area contributed by atoms with Crippen molar-refractivity contribution < 1.29 is 0 Å². The summed E-state index contributed by atoms with van der Waals surface area (Å²) in [4.78, 5) is 9.84. The zero-order chi connectivity index (χ0) is 21.4. The van der Waals surface area contributed by atoms with Gasteiger partial charge in [-0.3, -0.25) is 0 Å². The van der Waals surface area contributed by atoms with Crippen molar-refractivity contribution in [2.24, 2.45) is 5.92 Å². The lowest BCUT2D eigenvalue weighted by atomic mass is 9.97. The van der Waals surface area contributed by atoms with Crippen molar-refractivity contribution in [2.45, 2.75) is 39.2 Å². The van der Waals surface area contributed by atoms with Crippen molar-refractivity contribution in [3.05, 3.63) is 58.6 Å². The fourth-order valence-electron chi connectivity index (χ4n) is 4.17. The second-order valence-electron chi connectivity index (χ2n) is 8.64. The predicted octanol–water partition coefficient (Wildman–Crippen LogP) is 5.92. The van der Waals surface area contributed by atoms with Gasteiger partial charge in [-0.2, -0.15) is 4.98 Å². The van der Waals surface area contributed by atoms with E-state index in [1.54, 1.807) is 0 Å². The summed E-state index contributed by atoms with van der Waals surface area (Å²) in [7, 11) is 0. The number of anilines is 3. The summed E-state index contributed by atoms with van der Waals surface area (Å²) >= 11 is 6.34. The fourth-order valence-corrected chi connectivity index (χ4v) is 4.35. The van der Waals surface area contributed by atoms with Gasteiger partial charge >= 0.3 is 0 Å². The molecule has 0 unspecified atom stereocenters. The highest BCUT2D eigenvalue weighted by atomic mass is 35.5. The minimum Gasteiger partial charge on any atom is -0.367 e. The van der Waals surface area contributed by atoms with Gasteiger partial charge in [-0.1, -0.05) is 35.9 Å². The average molecular weight is 434 g/mol. The van der Waals surface area contributed by atoms with Crippen LogP contribution in [0.4, 0.5) is 17.5 Å². The van der Waals surface area contributed by atoms with Gasteiger partial charge in [0, 0.05) is 34.2 Å². The van der Waals surface area contributed by atoms with Crippen LogP contribution in [0.1, 0.15) is 37.3 Å². The van der Waals surface area contributed by atoms with Gasteiger partial charge in [0.2, 0.25) is 5.95 Å². The minimum atomic E-state index is 0.390. The van der Waals surface area contributed by atoms with Crippen LogP contribution >= 0.6 is 11.6 Å². The minimum absolute atomic E-state index is 0.390. The summed E-state index contributed by atoms with van der Waals surface area (Å²) in [6.07, 6.45) is 5.85. The summed E-state index contributed by atoms with van der Waals surface area (Å²) in [5.41, 5.74) is 5.45. The second kappa shape index (κ2) is 8.48. The Balaban J connectivity index is 1.60. The Kier molecular flexibility index (Phi) is 5.55. The normalized spacial score (nSPS) is 17.3. The Bertz CT molecular complexity index is 1150. The molecule has 2 aliphatic rings. The lowest BCUT2D eigenvalue weighted by molar-refractivity contribution is 0.691. The summed E-state index contributed by atoms with van der Waals surface area (Å²) < 4.78 is 0. The highest BCUT2D eigenvalue weighted by molar-refractivity contribution is 6.31. The summed E-state index contributed by atoms with van der Waals surface area (Å²) in [5, 5.41) is 12.2. The predicted molar refractivity (Wildman–Crippen MR) is 130 cm³/mol. The van der Waals surface area contributed by atoms with Crippen molar-refractivity contribution >= 4 is 45.5 Å². The molecule has 1 fully saturated rings. The molecule has 0 saturated heterocycles. The van der Waals surface area contributed by atoms with Crippen molar-refractivity contribution in [1.29, 1.82) is 0 Å². The van der Waals surface area contributed by atoms with E-state index in [1.165, 1.54) is 24.0 Å². The number of aromatic nitrogens is 2. The summed E-state index contributed by atoms with van der Waals surface area (Å²) in [6, 6.07) is 12.7. The monoisotopic (exact) mass is 433 g/mol. The fraction of sp³-hybridized carbons (Fsp3) is 0.360. The Labute approximate surface area is 188 Å². The maximum absolute atomic E-state index is 6.34. The quantitative estimate of drug-likeness (QED) is 0.450. The average Bonchev–Trinajstić information content (AvgIpc) is 3.62. The first kappa shape index (κ1) is 20.3. The summed E-state index contributed by atoms with van der Waals surface area (Å²) in [6.45, 7) is 6.13. The highest BCUT2D eigenvalue weighted by Crippen LogP contribution is 2.36. The number of halogens is 1. The number of nitrogens with zero attached hydrogens (tertiary/aromatic N) is 2. The second-order valence-corrected chi connectivity index (χ2v) is 9.05. The third-order valence-corrected chi connectivity index (χ3v) is 6.67. The zero-order valence-electron chi connectivity index (χ0n) is 18.0. The van der Waals surface area contributed by atoms with Gasteiger partial charge in [0.05, 0.1) is 5.52 Å².